The van der Waals surface area contributed by atoms with E-state index >= 15 is 0 Å². The van der Waals surface area contributed by atoms with Crippen LogP contribution in [0.25, 0.3) is 0 Å². The fraction of sp³-hybridized carbons (Fsp3) is 0.571. The largest absolute Gasteiger partial charge is 0.313 e. The number of hydrogen-bond acceptors (Lipinski definition) is 3. The highest BCUT2D eigenvalue weighted by atomic mass is 32.2. The minimum atomic E-state index is -3.14. The van der Waals surface area contributed by atoms with E-state index in [0.29, 0.717) is 18.5 Å². The molecule has 2 aliphatic rings. The molecule has 0 heterocycles. The first-order chi connectivity index (χ1) is 9.14. The van der Waals surface area contributed by atoms with E-state index in [1.807, 2.05) is 18.2 Å². The van der Waals surface area contributed by atoms with Crippen LogP contribution in [-0.4, -0.2) is 32.8 Å². The van der Waals surface area contributed by atoms with Gasteiger partial charge in [0, 0.05) is 24.5 Å². The fourth-order valence-electron chi connectivity index (χ4n) is 2.37. The highest BCUT2D eigenvalue weighted by Gasteiger charge is 2.40. The van der Waals surface area contributed by atoms with Crippen LogP contribution < -0.4 is 10.0 Å². The van der Waals surface area contributed by atoms with Crippen LogP contribution >= 0.6 is 0 Å². The molecule has 2 unspecified atom stereocenters. The van der Waals surface area contributed by atoms with E-state index in [9.17, 15) is 8.42 Å². The summed E-state index contributed by atoms with van der Waals surface area (Å²) in [6, 6.07) is 10.8. The second-order valence-corrected chi connectivity index (χ2v) is 7.40. The number of nitrogens with one attached hydrogen (secondary N) is 2. The van der Waals surface area contributed by atoms with Crippen molar-refractivity contribution in [2.75, 3.05) is 12.3 Å². The summed E-state index contributed by atoms with van der Waals surface area (Å²) in [5.74, 6) is 0.536. The fourth-order valence-corrected chi connectivity index (χ4v) is 3.59. The lowest BCUT2D eigenvalue weighted by Gasteiger charge is -2.07. The molecule has 4 nitrogen and oxygen atoms in total. The first kappa shape index (κ1) is 13.1. The van der Waals surface area contributed by atoms with Gasteiger partial charge >= 0.3 is 0 Å². The molecule has 0 amide bonds. The summed E-state index contributed by atoms with van der Waals surface area (Å²) in [6.07, 6.45) is 3.29. The molecular formula is C14H20N2O2S. The topological polar surface area (TPSA) is 58.2 Å². The van der Waals surface area contributed by atoms with Gasteiger partial charge in [-0.05, 0) is 24.8 Å². The molecule has 2 fully saturated rings. The molecule has 5 heteroatoms. The predicted molar refractivity (Wildman–Crippen MR) is 75.5 cm³/mol. The summed E-state index contributed by atoms with van der Waals surface area (Å²) >= 11 is 0. The Morgan fingerprint density at radius 3 is 2.58 bits per heavy atom. The molecule has 0 aromatic heterocycles. The van der Waals surface area contributed by atoms with Gasteiger partial charge in [0.15, 0.2) is 0 Å². The Kier molecular flexibility index (Phi) is 3.60. The van der Waals surface area contributed by atoms with Crippen molar-refractivity contribution in [3.8, 4) is 0 Å². The minimum Gasteiger partial charge on any atom is -0.313 e. The van der Waals surface area contributed by atoms with Crippen molar-refractivity contribution in [2.24, 2.45) is 0 Å². The molecule has 0 spiro atoms. The van der Waals surface area contributed by atoms with Crippen molar-refractivity contribution >= 4 is 10.0 Å². The van der Waals surface area contributed by atoms with Gasteiger partial charge in [0.25, 0.3) is 0 Å². The van der Waals surface area contributed by atoms with Crippen molar-refractivity contribution in [3.63, 3.8) is 0 Å². The molecule has 1 aromatic carbocycles. The Balaban J connectivity index is 1.46. The van der Waals surface area contributed by atoms with Crippen LogP contribution in [0.2, 0.25) is 0 Å². The average molecular weight is 280 g/mol. The molecular weight excluding hydrogens is 260 g/mol. The smallest absolute Gasteiger partial charge is 0.213 e. The van der Waals surface area contributed by atoms with Crippen molar-refractivity contribution in [1.82, 2.24) is 10.0 Å². The van der Waals surface area contributed by atoms with Crippen LogP contribution in [-0.2, 0) is 10.0 Å². The van der Waals surface area contributed by atoms with Gasteiger partial charge in [-0.1, -0.05) is 30.3 Å². The van der Waals surface area contributed by atoms with Gasteiger partial charge in [0.1, 0.15) is 0 Å². The van der Waals surface area contributed by atoms with E-state index in [1.54, 1.807) is 0 Å². The van der Waals surface area contributed by atoms with Gasteiger partial charge in [-0.2, -0.15) is 0 Å². The molecule has 2 saturated carbocycles. The Hall–Kier alpha value is -0.910. The van der Waals surface area contributed by atoms with E-state index in [4.69, 9.17) is 0 Å². The molecule has 104 valence electrons. The van der Waals surface area contributed by atoms with E-state index in [-0.39, 0.29) is 11.8 Å². The molecule has 2 atom stereocenters. The lowest BCUT2D eigenvalue weighted by atomic mass is 10.1. The van der Waals surface area contributed by atoms with Crippen LogP contribution in [0.1, 0.15) is 30.7 Å². The normalized spacial score (nSPS) is 26.3. The lowest BCUT2D eigenvalue weighted by Crippen LogP contribution is -2.34. The van der Waals surface area contributed by atoms with Crippen molar-refractivity contribution in [3.05, 3.63) is 35.9 Å². The Morgan fingerprint density at radius 2 is 1.89 bits per heavy atom. The predicted octanol–water partition coefficient (Wildman–Crippen LogP) is 1.21. The van der Waals surface area contributed by atoms with Gasteiger partial charge in [0.05, 0.1) is 5.75 Å². The molecule has 19 heavy (non-hydrogen) atoms. The van der Waals surface area contributed by atoms with Crippen molar-refractivity contribution in [2.45, 2.75) is 37.3 Å². The monoisotopic (exact) mass is 280 g/mol. The standard InChI is InChI=1S/C14H20N2O2S/c17-19(18,9-8-15-12-6-7-12)16-14-10-13(14)11-4-2-1-3-5-11/h1-5,12-16H,6-10H2. The molecule has 0 radical (unpaired) electrons. The maximum Gasteiger partial charge on any atom is 0.213 e. The average Bonchev–Trinajstić information content (AvgIpc) is 3.26. The Labute approximate surface area is 114 Å². The van der Waals surface area contributed by atoms with E-state index in [1.165, 1.54) is 18.4 Å². The summed E-state index contributed by atoms with van der Waals surface area (Å²) in [6.45, 7) is 0.558. The number of hydrogen-bond donors (Lipinski definition) is 2. The zero-order valence-electron chi connectivity index (χ0n) is 10.9. The molecule has 0 aliphatic heterocycles. The minimum absolute atomic E-state index is 0.0910. The van der Waals surface area contributed by atoms with Crippen LogP contribution in [0.5, 0.6) is 0 Å². The Morgan fingerprint density at radius 1 is 1.16 bits per heavy atom. The van der Waals surface area contributed by atoms with Crippen LogP contribution in [0, 0.1) is 0 Å². The summed E-state index contributed by atoms with van der Waals surface area (Å²) < 4.78 is 26.6. The molecule has 3 rings (SSSR count). The van der Waals surface area contributed by atoms with E-state index in [2.05, 4.69) is 22.2 Å². The number of benzene rings is 1. The summed E-state index contributed by atoms with van der Waals surface area (Å²) in [5, 5.41) is 3.23. The first-order valence-electron chi connectivity index (χ1n) is 6.92. The zero-order chi connectivity index (χ0) is 13.3. The quantitative estimate of drug-likeness (QED) is 0.789. The van der Waals surface area contributed by atoms with Crippen LogP contribution in [0.15, 0.2) is 30.3 Å². The summed E-state index contributed by atoms with van der Waals surface area (Å²) in [4.78, 5) is 0. The van der Waals surface area contributed by atoms with Gasteiger partial charge in [0.2, 0.25) is 10.0 Å². The third kappa shape index (κ3) is 3.78. The second-order valence-electron chi connectivity index (χ2n) is 5.52. The summed E-state index contributed by atoms with van der Waals surface area (Å²) in [5.41, 5.74) is 1.23. The highest BCUT2D eigenvalue weighted by molar-refractivity contribution is 7.89. The molecule has 0 saturated heterocycles. The molecule has 0 bridgehead atoms. The first-order valence-corrected chi connectivity index (χ1v) is 8.57. The Bertz CT molecular complexity index is 526. The summed E-state index contributed by atoms with van der Waals surface area (Å²) in [7, 11) is -3.14. The lowest BCUT2D eigenvalue weighted by molar-refractivity contribution is 0.575. The third-order valence-electron chi connectivity index (χ3n) is 3.73. The van der Waals surface area contributed by atoms with Crippen LogP contribution in [0.3, 0.4) is 0 Å². The van der Waals surface area contributed by atoms with Crippen LogP contribution in [0.4, 0.5) is 0 Å². The van der Waals surface area contributed by atoms with E-state index < -0.39 is 10.0 Å². The van der Waals surface area contributed by atoms with Crippen molar-refractivity contribution < 1.29 is 8.42 Å². The SMILES string of the molecule is O=S(=O)(CCNC1CC1)NC1CC1c1ccccc1. The second kappa shape index (κ2) is 5.23. The highest BCUT2D eigenvalue weighted by Crippen LogP contribution is 2.40. The zero-order valence-corrected chi connectivity index (χ0v) is 11.7. The van der Waals surface area contributed by atoms with E-state index in [0.717, 1.165) is 6.42 Å². The molecule has 2 aliphatic carbocycles. The maximum absolute atomic E-state index is 11.9. The van der Waals surface area contributed by atoms with Crippen molar-refractivity contribution in [1.29, 1.82) is 0 Å². The number of sulfonamides is 1. The number of rotatable bonds is 7. The van der Waals surface area contributed by atoms with Gasteiger partial charge < -0.3 is 5.32 Å². The van der Waals surface area contributed by atoms with Gasteiger partial charge in [-0.15, -0.1) is 0 Å². The molecule has 1 aromatic rings. The van der Waals surface area contributed by atoms with Gasteiger partial charge in [-0.25, -0.2) is 13.1 Å². The third-order valence-corrected chi connectivity index (χ3v) is 5.13. The maximum atomic E-state index is 11.9. The molecule has 2 N–H and O–H groups in total. The van der Waals surface area contributed by atoms with Gasteiger partial charge in [-0.3, -0.25) is 0 Å².